The molecule has 0 aliphatic carbocycles. The van der Waals surface area contributed by atoms with Crippen molar-refractivity contribution in [2.75, 3.05) is 14.1 Å². The van der Waals surface area contributed by atoms with Crippen molar-refractivity contribution >= 4 is 23.0 Å². The van der Waals surface area contributed by atoms with Gasteiger partial charge in [0.25, 0.3) is 5.91 Å². The molecule has 0 saturated heterocycles. The van der Waals surface area contributed by atoms with Crippen LogP contribution in [0.2, 0.25) is 5.02 Å². The molecule has 3 N–H and O–H groups in total. The minimum atomic E-state index is -0.567. The van der Waals surface area contributed by atoms with Crippen molar-refractivity contribution in [3.8, 4) is 0 Å². The number of fused-ring (bicyclic) bond motifs is 1. The van der Waals surface area contributed by atoms with Crippen LogP contribution in [0.15, 0.2) is 30.5 Å². The second-order valence-electron chi connectivity index (χ2n) is 4.55. The fraction of sp³-hybridized carbons (Fsp3) is 0.231. The Morgan fingerprint density at radius 2 is 2.33 bits per heavy atom. The maximum atomic E-state index is 14.0. The van der Waals surface area contributed by atoms with Crippen LogP contribution in [0.3, 0.4) is 0 Å². The molecule has 0 unspecified atom stereocenters. The van der Waals surface area contributed by atoms with Crippen LogP contribution in [-0.4, -0.2) is 34.3 Å². The van der Waals surface area contributed by atoms with Crippen molar-refractivity contribution in [1.29, 1.82) is 0 Å². The van der Waals surface area contributed by atoms with Gasteiger partial charge in [-0.1, -0.05) is 11.6 Å². The van der Waals surface area contributed by atoms with Gasteiger partial charge in [-0.05, 0) is 6.07 Å². The summed E-state index contributed by atoms with van der Waals surface area (Å²) in [5.74, 6) is -0.936. The Morgan fingerprint density at radius 3 is 2.95 bits per heavy atom. The van der Waals surface area contributed by atoms with E-state index >= 15 is 0 Å². The van der Waals surface area contributed by atoms with Crippen molar-refractivity contribution in [1.82, 2.24) is 19.6 Å². The number of carbonyl (C=O) groups excluding carboxylic acids is 1. The zero-order chi connectivity index (χ0) is 15.6. The van der Waals surface area contributed by atoms with Crippen molar-refractivity contribution in [2.24, 2.45) is 5.73 Å². The average molecular weight is 312 g/mol. The van der Waals surface area contributed by atoms with Crippen LogP contribution < -0.4 is 11.1 Å². The smallest absolute Gasteiger partial charge is 0.269 e. The van der Waals surface area contributed by atoms with Gasteiger partial charge in [0.1, 0.15) is 11.2 Å². The summed E-state index contributed by atoms with van der Waals surface area (Å²) in [6.45, 7) is 0.0672. The summed E-state index contributed by atoms with van der Waals surface area (Å²) >= 11 is 5.76. The number of hydrogen-bond acceptors (Lipinski definition) is 4. The molecule has 0 radical (unpaired) electrons. The fourth-order valence-corrected chi connectivity index (χ4v) is 2.04. The molecule has 112 valence electrons. The summed E-state index contributed by atoms with van der Waals surface area (Å²) in [5.41, 5.74) is 6.33. The summed E-state index contributed by atoms with van der Waals surface area (Å²) in [6, 6.07) is 1.44. The summed E-state index contributed by atoms with van der Waals surface area (Å²) in [5, 5.41) is 2.65. The first-order valence-corrected chi connectivity index (χ1v) is 6.50. The highest BCUT2D eigenvalue weighted by atomic mass is 35.5. The van der Waals surface area contributed by atoms with E-state index in [2.05, 4.69) is 10.3 Å². The van der Waals surface area contributed by atoms with Gasteiger partial charge in [-0.25, -0.2) is 9.37 Å². The molecule has 0 fully saturated rings. The summed E-state index contributed by atoms with van der Waals surface area (Å²) < 4.78 is 15.5. The number of amides is 1. The zero-order valence-electron chi connectivity index (χ0n) is 11.6. The van der Waals surface area contributed by atoms with E-state index in [-0.39, 0.29) is 23.0 Å². The highest BCUT2D eigenvalue weighted by Gasteiger charge is 2.15. The summed E-state index contributed by atoms with van der Waals surface area (Å²) in [4.78, 5) is 17.6. The van der Waals surface area contributed by atoms with Gasteiger partial charge in [0.2, 0.25) is 0 Å². The Hall–Kier alpha value is -2.28. The van der Waals surface area contributed by atoms with E-state index in [4.69, 9.17) is 17.3 Å². The summed E-state index contributed by atoms with van der Waals surface area (Å²) in [7, 11) is 3.40. The lowest BCUT2D eigenvalue weighted by molar-refractivity contribution is -0.118. The second-order valence-corrected chi connectivity index (χ2v) is 4.96. The van der Waals surface area contributed by atoms with Crippen molar-refractivity contribution in [3.05, 3.63) is 47.0 Å². The second kappa shape index (κ2) is 6.01. The number of likely N-dealkylation sites (N-methyl/N-ethyl adjacent to an activating group) is 1. The molecule has 2 aromatic heterocycles. The van der Waals surface area contributed by atoms with Crippen LogP contribution in [0.1, 0.15) is 5.69 Å². The lowest BCUT2D eigenvalue weighted by Gasteiger charge is -2.15. The Balaban J connectivity index is 2.22. The molecule has 2 aromatic rings. The Labute approximate surface area is 126 Å². The number of halogens is 2. The van der Waals surface area contributed by atoms with Gasteiger partial charge in [-0.15, -0.1) is 0 Å². The van der Waals surface area contributed by atoms with E-state index < -0.39 is 5.82 Å². The SMILES string of the molecule is CN(C)/C(=C\N)C(=O)NCc1ncn2ccc(Cl)c(F)c12. The van der Waals surface area contributed by atoms with Crippen molar-refractivity contribution in [2.45, 2.75) is 6.54 Å². The van der Waals surface area contributed by atoms with Crippen LogP contribution in [0, 0.1) is 5.82 Å². The lowest BCUT2D eigenvalue weighted by Crippen LogP contribution is -2.31. The van der Waals surface area contributed by atoms with Crippen LogP contribution in [-0.2, 0) is 11.3 Å². The molecule has 0 saturated carbocycles. The van der Waals surface area contributed by atoms with Gasteiger partial charge in [0.05, 0.1) is 23.6 Å². The van der Waals surface area contributed by atoms with E-state index in [9.17, 15) is 9.18 Å². The highest BCUT2D eigenvalue weighted by Crippen LogP contribution is 2.21. The van der Waals surface area contributed by atoms with Gasteiger partial charge in [0.15, 0.2) is 5.82 Å². The van der Waals surface area contributed by atoms with E-state index in [0.29, 0.717) is 11.4 Å². The van der Waals surface area contributed by atoms with Crippen molar-refractivity contribution in [3.63, 3.8) is 0 Å². The van der Waals surface area contributed by atoms with Gasteiger partial charge < -0.3 is 20.4 Å². The van der Waals surface area contributed by atoms with E-state index in [0.717, 1.165) is 0 Å². The lowest BCUT2D eigenvalue weighted by atomic mass is 10.3. The number of nitrogens with one attached hydrogen (secondary N) is 1. The molecule has 0 aliphatic heterocycles. The third-order valence-electron chi connectivity index (χ3n) is 2.96. The first-order valence-electron chi connectivity index (χ1n) is 6.12. The fourth-order valence-electron chi connectivity index (χ4n) is 1.90. The number of hydrogen-bond donors (Lipinski definition) is 2. The van der Waals surface area contributed by atoms with Gasteiger partial charge in [0, 0.05) is 26.5 Å². The molecular formula is C13H15ClFN5O. The number of pyridine rings is 1. The molecule has 2 rings (SSSR count). The number of aromatic nitrogens is 2. The number of nitrogens with zero attached hydrogens (tertiary/aromatic N) is 3. The number of carbonyl (C=O) groups is 1. The number of nitrogens with two attached hydrogens (primary N) is 1. The topological polar surface area (TPSA) is 75.7 Å². The molecule has 2 heterocycles. The van der Waals surface area contributed by atoms with Gasteiger partial charge in [-0.2, -0.15) is 0 Å². The quantitative estimate of drug-likeness (QED) is 0.829. The highest BCUT2D eigenvalue weighted by molar-refractivity contribution is 6.31. The molecule has 0 bridgehead atoms. The minimum Gasteiger partial charge on any atom is -0.403 e. The van der Waals surface area contributed by atoms with Crippen LogP contribution >= 0.6 is 11.6 Å². The van der Waals surface area contributed by atoms with Crippen LogP contribution in [0.5, 0.6) is 0 Å². The van der Waals surface area contributed by atoms with Crippen LogP contribution in [0.25, 0.3) is 5.52 Å². The average Bonchev–Trinajstić information content (AvgIpc) is 2.85. The maximum Gasteiger partial charge on any atom is 0.269 e. The molecule has 1 amide bonds. The third kappa shape index (κ3) is 2.92. The molecular weight excluding hydrogens is 297 g/mol. The maximum absolute atomic E-state index is 14.0. The Kier molecular flexibility index (Phi) is 4.32. The Morgan fingerprint density at radius 1 is 1.62 bits per heavy atom. The predicted octanol–water partition coefficient (Wildman–Crippen LogP) is 1.10. The van der Waals surface area contributed by atoms with E-state index in [1.54, 1.807) is 25.2 Å². The predicted molar refractivity (Wildman–Crippen MR) is 78.0 cm³/mol. The largest absolute Gasteiger partial charge is 0.403 e. The van der Waals surface area contributed by atoms with Crippen molar-refractivity contribution < 1.29 is 9.18 Å². The first kappa shape index (κ1) is 15.1. The minimum absolute atomic E-state index is 0.00594. The molecule has 21 heavy (non-hydrogen) atoms. The zero-order valence-corrected chi connectivity index (χ0v) is 12.4. The molecule has 0 spiro atoms. The van der Waals surface area contributed by atoms with E-state index in [1.165, 1.54) is 23.0 Å². The number of rotatable bonds is 4. The van der Waals surface area contributed by atoms with Gasteiger partial charge >= 0.3 is 0 Å². The molecule has 6 nitrogen and oxygen atoms in total. The third-order valence-corrected chi connectivity index (χ3v) is 3.25. The monoisotopic (exact) mass is 311 g/mol. The van der Waals surface area contributed by atoms with Crippen LogP contribution in [0.4, 0.5) is 4.39 Å². The number of imidazole rings is 1. The molecule has 0 aromatic carbocycles. The summed E-state index contributed by atoms with van der Waals surface area (Å²) in [6.07, 6.45) is 4.27. The molecule has 0 atom stereocenters. The normalized spacial score (nSPS) is 11.7. The van der Waals surface area contributed by atoms with E-state index in [1.807, 2.05) is 0 Å². The Bertz CT molecular complexity index is 710. The molecule has 8 heteroatoms. The standard InChI is InChI=1S/C13H15ClFN5O/c1-19(2)10(5-16)13(21)17-6-9-12-11(15)8(14)3-4-20(12)7-18-9/h3-5,7H,6,16H2,1-2H3,(H,17,21)/b10-5-. The first-order chi connectivity index (χ1) is 9.95. The van der Waals surface area contributed by atoms with Gasteiger partial charge in [-0.3, -0.25) is 4.79 Å². The molecule has 0 aliphatic rings.